The zero-order valence-electron chi connectivity index (χ0n) is 9.05. The highest BCUT2D eigenvalue weighted by Crippen LogP contribution is 2.15. The molecule has 0 unspecified atom stereocenters. The molecule has 0 saturated carbocycles. The molecule has 0 aliphatic carbocycles. The molecule has 1 aliphatic heterocycles. The molecule has 0 spiro atoms. The Kier molecular flexibility index (Phi) is 4.30. The topological polar surface area (TPSA) is 87.1 Å². The lowest BCUT2D eigenvalue weighted by Gasteiger charge is -2.19. The summed E-state index contributed by atoms with van der Waals surface area (Å²) < 4.78 is 5.01. The Morgan fingerprint density at radius 1 is 1.50 bits per heavy atom. The molecule has 0 amide bonds. The van der Waals surface area contributed by atoms with Gasteiger partial charge in [-0.2, -0.15) is 0 Å². The third-order valence-corrected chi connectivity index (χ3v) is 2.57. The van der Waals surface area contributed by atoms with Crippen LogP contribution in [0.2, 0.25) is 0 Å². The third kappa shape index (κ3) is 3.54. The van der Waals surface area contributed by atoms with E-state index in [0.29, 0.717) is 6.08 Å². The van der Waals surface area contributed by atoms with Gasteiger partial charge in [-0.05, 0) is 26.4 Å². The van der Waals surface area contributed by atoms with Crippen molar-refractivity contribution in [1.82, 2.24) is 4.90 Å². The Balaban J connectivity index is 2.50. The molecule has 0 aromatic heterocycles. The van der Waals surface area contributed by atoms with Crippen LogP contribution in [0.1, 0.15) is 12.8 Å². The Labute approximate surface area is 93.1 Å². The van der Waals surface area contributed by atoms with E-state index in [4.69, 9.17) is 14.9 Å². The van der Waals surface area contributed by atoms with Gasteiger partial charge in [-0.25, -0.2) is 9.59 Å². The Morgan fingerprint density at radius 3 is 2.62 bits per heavy atom. The van der Waals surface area contributed by atoms with Crippen LogP contribution in [0.5, 0.6) is 0 Å². The van der Waals surface area contributed by atoms with Crippen LogP contribution >= 0.6 is 0 Å². The van der Waals surface area contributed by atoms with Gasteiger partial charge in [0.25, 0.3) is 0 Å². The van der Waals surface area contributed by atoms with Crippen LogP contribution in [0.15, 0.2) is 11.8 Å². The molecule has 1 fully saturated rings. The summed E-state index contributed by atoms with van der Waals surface area (Å²) in [5.74, 6) is -3.20. The lowest BCUT2D eigenvalue weighted by atomic mass is 10.2. The smallest absolute Gasteiger partial charge is 0.371 e. The van der Waals surface area contributed by atoms with E-state index >= 15 is 0 Å². The third-order valence-electron chi connectivity index (χ3n) is 2.57. The van der Waals surface area contributed by atoms with Crippen molar-refractivity contribution in [2.45, 2.75) is 18.9 Å². The zero-order chi connectivity index (χ0) is 12.1. The monoisotopic (exact) mass is 229 g/mol. The zero-order valence-corrected chi connectivity index (χ0v) is 9.05. The van der Waals surface area contributed by atoms with E-state index in [-0.39, 0.29) is 12.6 Å². The minimum absolute atomic E-state index is 0.163. The van der Waals surface area contributed by atoms with Gasteiger partial charge in [-0.15, -0.1) is 0 Å². The lowest BCUT2D eigenvalue weighted by Crippen LogP contribution is -2.30. The molecule has 0 aromatic rings. The second kappa shape index (κ2) is 5.50. The minimum atomic E-state index is -1.36. The van der Waals surface area contributed by atoms with Gasteiger partial charge in [0.2, 0.25) is 5.76 Å². The summed E-state index contributed by atoms with van der Waals surface area (Å²) in [4.78, 5) is 23.1. The fourth-order valence-electron chi connectivity index (χ4n) is 1.65. The number of carboxylic acid groups (broad SMARTS) is 2. The van der Waals surface area contributed by atoms with E-state index in [0.717, 1.165) is 19.4 Å². The maximum absolute atomic E-state index is 10.7. The van der Waals surface area contributed by atoms with Gasteiger partial charge in [0.15, 0.2) is 0 Å². The summed E-state index contributed by atoms with van der Waals surface area (Å²) in [6.45, 7) is 1.17. The average Bonchev–Trinajstić information content (AvgIpc) is 2.57. The van der Waals surface area contributed by atoms with Gasteiger partial charge in [-0.3, -0.25) is 0 Å². The highest BCUT2D eigenvalue weighted by molar-refractivity contribution is 5.92. The number of likely N-dealkylation sites (tertiary alicyclic amines) is 1. The number of likely N-dealkylation sites (N-methyl/N-ethyl adjacent to an activating group) is 1. The molecule has 90 valence electrons. The Morgan fingerprint density at radius 2 is 2.19 bits per heavy atom. The van der Waals surface area contributed by atoms with Crippen molar-refractivity contribution in [3.05, 3.63) is 11.8 Å². The summed E-state index contributed by atoms with van der Waals surface area (Å²) in [6, 6.07) is 0.163. The first-order valence-electron chi connectivity index (χ1n) is 5.01. The van der Waals surface area contributed by atoms with Crippen molar-refractivity contribution in [3.8, 4) is 0 Å². The summed E-state index contributed by atoms with van der Waals surface area (Å²) >= 11 is 0. The normalized spacial score (nSPS) is 22.1. The fraction of sp³-hybridized carbons (Fsp3) is 0.600. The first-order chi connectivity index (χ1) is 7.50. The van der Waals surface area contributed by atoms with Crippen LogP contribution in [0.4, 0.5) is 0 Å². The molecule has 1 rings (SSSR count). The van der Waals surface area contributed by atoms with Crippen molar-refractivity contribution in [2.24, 2.45) is 0 Å². The Hall–Kier alpha value is -1.56. The van der Waals surface area contributed by atoms with Crippen molar-refractivity contribution in [2.75, 3.05) is 20.2 Å². The van der Waals surface area contributed by atoms with Crippen LogP contribution in [-0.4, -0.2) is 53.3 Å². The molecular weight excluding hydrogens is 214 g/mol. The molecule has 1 saturated heterocycles. The highest BCUT2D eigenvalue weighted by atomic mass is 16.5. The molecule has 16 heavy (non-hydrogen) atoms. The lowest BCUT2D eigenvalue weighted by molar-refractivity contribution is -0.138. The molecule has 0 bridgehead atoms. The largest absolute Gasteiger partial charge is 0.485 e. The fourth-order valence-corrected chi connectivity index (χ4v) is 1.65. The molecule has 0 aromatic carbocycles. The Bertz CT molecular complexity index is 312. The number of ether oxygens (including phenoxy) is 1. The van der Waals surface area contributed by atoms with Crippen LogP contribution < -0.4 is 0 Å². The number of aliphatic carboxylic acids is 2. The van der Waals surface area contributed by atoms with Gasteiger partial charge in [0.1, 0.15) is 6.61 Å². The van der Waals surface area contributed by atoms with E-state index < -0.39 is 17.7 Å². The number of rotatable bonds is 5. The molecule has 1 atom stereocenters. The quantitative estimate of drug-likeness (QED) is 0.515. The predicted octanol–water partition coefficient (Wildman–Crippen LogP) is 0.150. The van der Waals surface area contributed by atoms with E-state index in [2.05, 4.69) is 4.90 Å². The van der Waals surface area contributed by atoms with E-state index in [1.807, 2.05) is 7.05 Å². The van der Waals surface area contributed by atoms with Crippen LogP contribution in [0.3, 0.4) is 0 Å². The molecule has 1 heterocycles. The van der Waals surface area contributed by atoms with Crippen molar-refractivity contribution < 1.29 is 24.5 Å². The maximum atomic E-state index is 10.7. The predicted molar refractivity (Wildman–Crippen MR) is 55.0 cm³/mol. The first-order valence-corrected chi connectivity index (χ1v) is 5.01. The van der Waals surface area contributed by atoms with Crippen molar-refractivity contribution >= 4 is 11.9 Å². The minimum Gasteiger partial charge on any atom is -0.485 e. The number of carboxylic acids is 2. The molecular formula is C10H15NO5. The van der Waals surface area contributed by atoms with Crippen LogP contribution in [0.25, 0.3) is 0 Å². The summed E-state index contributed by atoms with van der Waals surface area (Å²) in [7, 11) is 1.93. The maximum Gasteiger partial charge on any atom is 0.371 e. The van der Waals surface area contributed by atoms with Gasteiger partial charge >= 0.3 is 11.9 Å². The van der Waals surface area contributed by atoms with Gasteiger partial charge < -0.3 is 19.8 Å². The molecule has 6 nitrogen and oxygen atoms in total. The van der Waals surface area contributed by atoms with Gasteiger partial charge in [-0.1, -0.05) is 0 Å². The number of hydrogen-bond acceptors (Lipinski definition) is 4. The molecule has 0 radical (unpaired) electrons. The van der Waals surface area contributed by atoms with Gasteiger partial charge in [0, 0.05) is 6.04 Å². The summed E-state index contributed by atoms with van der Waals surface area (Å²) in [6.07, 6.45) is 2.56. The number of nitrogens with zero attached hydrogens (tertiary/aromatic N) is 1. The van der Waals surface area contributed by atoms with E-state index in [1.54, 1.807) is 0 Å². The van der Waals surface area contributed by atoms with Crippen LogP contribution in [-0.2, 0) is 14.3 Å². The molecule has 2 N–H and O–H groups in total. The number of carbonyl (C=O) groups is 2. The summed E-state index contributed by atoms with van der Waals surface area (Å²) in [5.41, 5.74) is 0. The second-order valence-electron chi connectivity index (χ2n) is 3.74. The van der Waals surface area contributed by atoms with E-state index in [9.17, 15) is 9.59 Å². The average molecular weight is 229 g/mol. The number of hydrogen-bond donors (Lipinski definition) is 2. The van der Waals surface area contributed by atoms with E-state index in [1.165, 1.54) is 0 Å². The highest BCUT2D eigenvalue weighted by Gasteiger charge is 2.22. The summed E-state index contributed by atoms with van der Waals surface area (Å²) in [5, 5.41) is 17.1. The first kappa shape index (κ1) is 12.5. The van der Waals surface area contributed by atoms with Crippen LogP contribution in [0, 0.1) is 0 Å². The van der Waals surface area contributed by atoms with Crippen molar-refractivity contribution in [3.63, 3.8) is 0 Å². The van der Waals surface area contributed by atoms with Crippen molar-refractivity contribution in [1.29, 1.82) is 0 Å². The second-order valence-corrected chi connectivity index (χ2v) is 3.74. The molecule has 1 aliphatic rings. The molecule has 6 heteroatoms. The SMILES string of the molecule is CN1CCC[C@H]1CO/C(=C\C(=O)O)C(=O)O. The standard InChI is InChI=1S/C10H15NO5/c1-11-4-2-3-7(11)6-16-8(10(14)15)5-9(12)13/h5,7H,2-4,6H2,1H3,(H,12,13)(H,14,15)/b8-5-/t7-/m0/s1. The van der Waals surface area contributed by atoms with Gasteiger partial charge in [0.05, 0.1) is 6.08 Å².